The topological polar surface area (TPSA) is 254 Å². The molecule has 6 N–H and O–H groups in total. The molecular formula is C24H37ClN9O10P. The van der Waals surface area contributed by atoms with E-state index in [2.05, 4.69) is 41.0 Å². The van der Waals surface area contributed by atoms with Crippen LogP contribution in [0, 0.1) is 0 Å². The van der Waals surface area contributed by atoms with Crippen LogP contribution in [0.5, 0.6) is 0 Å². The average Bonchev–Trinajstić information content (AvgIpc) is 3.81. The molecule has 3 aromatic rings. The fourth-order valence-electron chi connectivity index (χ4n) is 5.28. The molecule has 1 aliphatic carbocycles. The highest BCUT2D eigenvalue weighted by atomic mass is 35.5. The number of nitrogens with one attached hydrogen (secondary N) is 2. The zero-order valence-corrected chi connectivity index (χ0v) is 26.1. The van der Waals surface area contributed by atoms with Crippen LogP contribution < -0.4 is 5.32 Å². The highest BCUT2D eigenvalue weighted by Crippen LogP contribution is 2.54. The van der Waals surface area contributed by atoms with Gasteiger partial charge >= 0.3 is 7.60 Å². The molecule has 3 aromatic heterocycles. The molecule has 45 heavy (non-hydrogen) atoms. The molecule has 0 amide bonds. The summed E-state index contributed by atoms with van der Waals surface area (Å²) >= 11 is 6.23. The monoisotopic (exact) mass is 677 g/mol. The van der Waals surface area contributed by atoms with Gasteiger partial charge in [-0.3, -0.25) is 4.57 Å². The van der Waals surface area contributed by atoms with Gasteiger partial charge in [-0.15, -0.1) is 10.2 Å². The first-order valence-electron chi connectivity index (χ1n) is 14.4. The van der Waals surface area contributed by atoms with Crippen molar-refractivity contribution in [3.63, 3.8) is 0 Å². The minimum atomic E-state index is -5.04. The van der Waals surface area contributed by atoms with Crippen LogP contribution in [-0.2, 0) is 34.9 Å². The van der Waals surface area contributed by atoms with Crippen molar-refractivity contribution in [3.05, 3.63) is 17.3 Å². The van der Waals surface area contributed by atoms with Gasteiger partial charge in [-0.25, -0.2) is 4.68 Å². The van der Waals surface area contributed by atoms with Gasteiger partial charge in [0.2, 0.25) is 5.28 Å². The van der Waals surface area contributed by atoms with Crippen molar-refractivity contribution in [1.82, 2.24) is 40.4 Å². The van der Waals surface area contributed by atoms with Crippen molar-refractivity contribution in [2.24, 2.45) is 0 Å². The second-order valence-electron chi connectivity index (χ2n) is 10.8. The van der Waals surface area contributed by atoms with Gasteiger partial charge in [0.15, 0.2) is 23.0 Å². The standard InChI is InChI=1S/C24H37ClN9O10P/c1-40-8-9-42-13-24(45(37,38)39,6-7-41-12-17-30-32-33-31-17)43-11-16-18(35)19(36)22(44-16)34-21-15(10-26-34)20(28-23(25)29-21)27-14-4-2-3-5-14/h10,14,16,18-19,22,35-36H,2-9,11-13H2,1H3,(H,27,28,29)(H2,37,38,39)(H,30,31,32,33)/t16-,18-,19-,22-,24?/m1/s1. The van der Waals surface area contributed by atoms with Crippen molar-refractivity contribution in [1.29, 1.82) is 0 Å². The Labute approximate surface area is 262 Å². The largest absolute Gasteiger partial charge is 0.387 e. The Morgan fingerprint density at radius 2 is 1.98 bits per heavy atom. The third kappa shape index (κ3) is 7.94. The van der Waals surface area contributed by atoms with Crippen molar-refractivity contribution >= 4 is 36.0 Å². The summed E-state index contributed by atoms with van der Waals surface area (Å²) in [6.07, 6.45) is -0.0472. The summed E-state index contributed by atoms with van der Waals surface area (Å²) in [5, 5.41) is 41.1. The Balaban J connectivity index is 1.30. The number of fused-ring (bicyclic) bond motifs is 1. The maximum atomic E-state index is 12.8. The minimum Gasteiger partial charge on any atom is -0.387 e. The lowest BCUT2D eigenvalue weighted by molar-refractivity contribution is -0.125. The predicted molar refractivity (Wildman–Crippen MR) is 154 cm³/mol. The first kappa shape index (κ1) is 33.9. The molecule has 2 aliphatic rings. The molecule has 21 heteroatoms. The summed E-state index contributed by atoms with van der Waals surface area (Å²) in [4.78, 5) is 29.4. The molecule has 0 spiro atoms. The quantitative estimate of drug-likeness (QED) is 0.0630. The predicted octanol–water partition coefficient (Wildman–Crippen LogP) is 0.127. The number of methoxy groups -OCH3 is 1. The summed E-state index contributed by atoms with van der Waals surface area (Å²) in [5.74, 6) is 0.744. The van der Waals surface area contributed by atoms with Gasteiger partial charge in [0.1, 0.15) is 30.7 Å². The lowest BCUT2D eigenvalue weighted by Crippen LogP contribution is -2.43. The number of aliphatic hydroxyl groups is 2. The molecule has 1 aliphatic heterocycles. The van der Waals surface area contributed by atoms with Gasteiger partial charge in [-0.1, -0.05) is 18.1 Å². The Morgan fingerprint density at radius 3 is 2.69 bits per heavy atom. The van der Waals surface area contributed by atoms with Gasteiger partial charge in [0.05, 0.1) is 44.6 Å². The van der Waals surface area contributed by atoms with Crippen molar-refractivity contribution in [3.8, 4) is 0 Å². The van der Waals surface area contributed by atoms with Crippen LogP contribution in [-0.4, -0.2) is 130 Å². The first-order chi connectivity index (χ1) is 21.6. The number of H-pyrrole nitrogens is 1. The van der Waals surface area contributed by atoms with Gasteiger partial charge < -0.3 is 49.0 Å². The van der Waals surface area contributed by atoms with Crippen molar-refractivity contribution < 1.29 is 48.2 Å². The molecule has 5 atom stereocenters. The first-order valence-corrected chi connectivity index (χ1v) is 16.4. The maximum absolute atomic E-state index is 12.8. The van der Waals surface area contributed by atoms with Gasteiger partial charge in [0.25, 0.3) is 0 Å². The number of rotatable bonds is 17. The zero-order chi connectivity index (χ0) is 32.0. The van der Waals surface area contributed by atoms with E-state index < -0.39 is 50.7 Å². The van der Waals surface area contributed by atoms with Gasteiger partial charge in [-0.05, 0) is 24.4 Å². The summed E-state index contributed by atoms with van der Waals surface area (Å²) in [5.41, 5.74) is 0.267. The van der Waals surface area contributed by atoms with Crippen LogP contribution in [0.3, 0.4) is 0 Å². The fourth-order valence-corrected chi connectivity index (χ4v) is 6.33. The Morgan fingerprint density at radius 1 is 1.18 bits per heavy atom. The fraction of sp³-hybridized carbons (Fsp3) is 0.750. The van der Waals surface area contributed by atoms with E-state index in [4.69, 9.17) is 35.3 Å². The lowest BCUT2D eigenvalue weighted by Gasteiger charge is -2.35. The SMILES string of the molecule is COCCOCC(CCOCc1nn[nH]n1)(OC[C@H]1O[C@@H](n2ncc3c(NC4CCCC4)nc(Cl)nc32)[C@H](O)[C@@H]1O)P(=O)(O)O. The number of nitrogens with zero attached hydrogens (tertiary/aromatic N) is 7. The number of halogens is 1. The maximum Gasteiger partial charge on any atom is 0.359 e. The number of hydrogen-bond donors (Lipinski definition) is 6. The van der Waals surface area contributed by atoms with E-state index in [1.807, 2.05) is 0 Å². The molecule has 1 saturated heterocycles. The molecule has 5 rings (SSSR count). The number of hydrogen-bond acceptors (Lipinski definition) is 15. The molecule has 0 bridgehead atoms. The summed E-state index contributed by atoms with van der Waals surface area (Å²) in [6, 6.07) is 0.233. The number of tetrazole rings is 1. The molecular weight excluding hydrogens is 641 g/mol. The number of aliphatic hydroxyl groups excluding tert-OH is 2. The Hall–Kier alpha value is -2.42. The summed E-state index contributed by atoms with van der Waals surface area (Å²) in [7, 11) is -3.58. The molecule has 1 saturated carbocycles. The molecule has 4 heterocycles. The Bertz CT molecular complexity index is 1430. The van der Waals surface area contributed by atoms with E-state index in [-0.39, 0.29) is 55.6 Å². The number of aromatic nitrogens is 8. The zero-order valence-electron chi connectivity index (χ0n) is 24.4. The molecule has 0 aromatic carbocycles. The van der Waals surface area contributed by atoms with Crippen LogP contribution in [0.25, 0.3) is 11.0 Å². The van der Waals surface area contributed by atoms with Crippen molar-refractivity contribution in [2.45, 2.75) is 74.6 Å². The summed E-state index contributed by atoms with van der Waals surface area (Å²) < 4.78 is 41.9. The van der Waals surface area contributed by atoms with Gasteiger partial charge in [-0.2, -0.15) is 20.3 Å². The highest BCUT2D eigenvalue weighted by Gasteiger charge is 2.51. The third-order valence-corrected chi connectivity index (χ3v) is 9.48. The van der Waals surface area contributed by atoms with E-state index in [1.54, 1.807) is 0 Å². The smallest absolute Gasteiger partial charge is 0.359 e. The number of aromatic amines is 1. The third-order valence-electron chi connectivity index (χ3n) is 7.76. The van der Waals surface area contributed by atoms with E-state index in [0.717, 1.165) is 25.7 Å². The molecule has 250 valence electrons. The molecule has 1 unspecified atom stereocenters. The lowest BCUT2D eigenvalue weighted by atomic mass is 10.1. The molecule has 0 radical (unpaired) electrons. The van der Waals surface area contributed by atoms with Crippen molar-refractivity contribution in [2.75, 3.05) is 45.5 Å². The van der Waals surface area contributed by atoms with Crippen LogP contribution in [0.2, 0.25) is 5.28 Å². The molecule has 2 fully saturated rings. The summed E-state index contributed by atoms with van der Waals surface area (Å²) in [6.45, 7) is -1.10. The minimum absolute atomic E-state index is 0.0308. The number of anilines is 1. The van der Waals surface area contributed by atoms with Crippen LogP contribution in [0.15, 0.2) is 6.20 Å². The van der Waals surface area contributed by atoms with E-state index in [0.29, 0.717) is 11.2 Å². The van der Waals surface area contributed by atoms with Crippen LogP contribution in [0.1, 0.15) is 44.2 Å². The molecule has 19 nitrogen and oxygen atoms in total. The van der Waals surface area contributed by atoms with Crippen LogP contribution >= 0.6 is 19.2 Å². The normalized spacial score (nSPS) is 24.0. The highest BCUT2D eigenvalue weighted by molar-refractivity contribution is 7.53. The second-order valence-corrected chi connectivity index (χ2v) is 13.1. The second kappa shape index (κ2) is 15.0. The van der Waals surface area contributed by atoms with Gasteiger partial charge in [0, 0.05) is 19.6 Å². The van der Waals surface area contributed by atoms with E-state index in [1.165, 1.54) is 18.0 Å². The number of ether oxygens (including phenoxy) is 5. The van der Waals surface area contributed by atoms with Crippen LogP contribution in [0.4, 0.5) is 5.82 Å². The van der Waals surface area contributed by atoms with E-state index in [9.17, 15) is 24.6 Å². The van der Waals surface area contributed by atoms with E-state index >= 15 is 0 Å². The Kier molecular flexibility index (Phi) is 11.3. The average molecular weight is 678 g/mol.